The Balaban J connectivity index is 0.00000106. The molecule has 0 aliphatic rings. The topological polar surface area (TPSA) is 97.5 Å². The van der Waals surface area contributed by atoms with Crippen LogP contribution < -0.4 is 5.14 Å². The van der Waals surface area contributed by atoms with E-state index in [0.717, 1.165) is 6.07 Å². The predicted octanol–water partition coefficient (Wildman–Crippen LogP) is 1.37. The molecule has 0 unspecified atom stereocenters. The van der Waals surface area contributed by atoms with E-state index in [1.165, 1.54) is 12.1 Å². The lowest BCUT2D eigenvalue weighted by molar-refractivity contribution is 0.0696. The summed E-state index contributed by atoms with van der Waals surface area (Å²) >= 11 is 0. The minimum Gasteiger partial charge on any atom is -0.478 e. The van der Waals surface area contributed by atoms with Crippen LogP contribution in [0.1, 0.15) is 29.8 Å². The molecule has 0 saturated heterocycles. The van der Waals surface area contributed by atoms with Crippen LogP contribution >= 0.6 is 0 Å². The molecule has 0 fully saturated rings. The van der Waals surface area contributed by atoms with Crippen molar-refractivity contribution >= 4 is 16.0 Å². The summed E-state index contributed by atoms with van der Waals surface area (Å²) in [5, 5.41) is 13.5. The number of primary sulfonamides is 1. The van der Waals surface area contributed by atoms with E-state index in [2.05, 4.69) is 0 Å². The molecule has 90 valence electrons. The van der Waals surface area contributed by atoms with Crippen molar-refractivity contribution < 1.29 is 18.3 Å². The van der Waals surface area contributed by atoms with Gasteiger partial charge in [-0.15, -0.1) is 0 Å². The van der Waals surface area contributed by atoms with Crippen molar-refractivity contribution in [3.05, 3.63) is 29.3 Å². The Morgan fingerprint density at radius 3 is 2.19 bits per heavy atom. The molecule has 1 rings (SSSR count). The molecule has 0 aliphatic carbocycles. The summed E-state index contributed by atoms with van der Waals surface area (Å²) in [6.07, 6.45) is 0. The molecule has 0 heterocycles. The summed E-state index contributed by atoms with van der Waals surface area (Å²) in [6, 6.07) is 3.78. The molecule has 6 heteroatoms. The van der Waals surface area contributed by atoms with Gasteiger partial charge < -0.3 is 5.11 Å². The van der Waals surface area contributed by atoms with Gasteiger partial charge in [0.15, 0.2) is 0 Å². The Labute approximate surface area is 95.0 Å². The SMILES string of the molecule is CC.Cc1ccc(C(=O)O)cc1S(N)(=O)=O. The van der Waals surface area contributed by atoms with Crippen molar-refractivity contribution in [2.75, 3.05) is 0 Å². The second-order valence-electron chi connectivity index (χ2n) is 2.83. The van der Waals surface area contributed by atoms with E-state index in [9.17, 15) is 13.2 Å². The Kier molecular flexibility index (Phi) is 5.13. The number of carbonyl (C=O) groups is 1. The predicted molar refractivity (Wildman–Crippen MR) is 60.9 cm³/mol. The Hall–Kier alpha value is -1.40. The van der Waals surface area contributed by atoms with Gasteiger partial charge in [-0.3, -0.25) is 0 Å². The number of sulfonamides is 1. The molecule has 0 amide bonds. The molecule has 0 atom stereocenters. The minimum absolute atomic E-state index is 0.0976. The molecule has 1 aromatic carbocycles. The Morgan fingerprint density at radius 1 is 1.31 bits per heavy atom. The maximum absolute atomic E-state index is 11.0. The van der Waals surface area contributed by atoms with Crippen molar-refractivity contribution in [3.8, 4) is 0 Å². The average Bonchev–Trinajstić information content (AvgIpc) is 2.19. The third kappa shape index (κ3) is 3.63. The van der Waals surface area contributed by atoms with Crippen LogP contribution in [0.4, 0.5) is 0 Å². The molecule has 16 heavy (non-hydrogen) atoms. The van der Waals surface area contributed by atoms with Crippen molar-refractivity contribution in [2.24, 2.45) is 5.14 Å². The van der Waals surface area contributed by atoms with Gasteiger partial charge in [0.25, 0.3) is 0 Å². The third-order valence-corrected chi connectivity index (χ3v) is 2.79. The van der Waals surface area contributed by atoms with Crippen LogP contribution in [0.5, 0.6) is 0 Å². The van der Waals surface area contributed by atoms with Gasteiger partial charge in [0.05, 0.1) is 10.5 Å². The second kappa shape index (κ2) is 5.62. The van der Waals surface area contributed by atoms with Crippen LogP contribution in [0.2, 0.25) is 0 Å². The van der Waals surface area contributed by atoms with Crippen LogP contribution in [0.25, 0.3) is 0 Å². The van der Waals surface area contributed by atoms with E-state index in [-0.39, 0.29) is 10.5 Å². The van der Waals surface area contributed by atoms with Crippen molar-refractivity contribution in [1.29, 1.82) is 0 Å². The van der Waals surface area contributed by atoms with E-state index in [0.29, 0.717) is 5.56 Å². The first kappa shape index (κ1) is 14.6. The quantitative estimate of drug-likeness (QED) is 0.822. The summed E-state index contributed by atoms with van der Waals surface area (Å²) in [6.45, 7) is 5.55. The highest BCUT2D eigenvalue weighted by Crippen LogP contribution is 2.15. The monoisotopic (exact) mass is 245 g/mol. The zero-order valence-corrected chi connectivity index (χ0v) is 10.2. The Morgan fingerprint density at radius 2 is 1.81 bits per heavy atom. The molecular weight excluding hydrogens is 230 g/mol. The zero-order chi connectivity index (χ0) is 12.9. The van der Waals surface area contributed by atoms with Crippen LogP contribution in [0.3, 0.4) is 0 Å². The lowest BCUT2D eigenvalue weighted by atomic mass is 10.1. The molecule has 0 aromatic heterocycles. The molecule has 0 radical (unpaired) electrons. The van der Waals surface area contributed by atoms with E-state index in [1.54, 1.807) is 6.92 Å². The van der Waals surface area contributed by atoms with Gasteiger partial charge >= 0.3 is 5.97 Å². The van der Waals surface area contributed by atoms with Gasteiger partial charge in [0.1, 0.15) is 0 Å². The molecule has 1 aromatic rings. The Bertz CT molecular complexity index is 480. The van der Waals surface area contributed by atoms with E-state index in [1.807, 2.05) is 13.8 Å². The van der Waals surface area contributed by atoms with Crippen molar-refractivity contribution in [1.82, 2.24) is 0 Å². The number of hydrogen-bond donors (Lipinski definition) is 2. The highest BCUT2D eigenvalue weighted by atomic mass is 32.2. The summed E-state index contributed by atoms with van der Waals surface area (Å²) in [5.74, 6) is -1.19. The highest BCUT2D eigenvalue weighted by molar-refractivity contribution is 7.89. The highest BCUT2D eigenvalue weighted by Gasteiger charge is 2.14. The first-order chi connectivity index (χ1) is 7.32. The van der Waals surface area contributed by atoms with Crippen molar-refractivity contribution in [2.45, 2.75) is 25.7 Å². The molecule has 0 bridgehead atoms. The fourth-order valence-corrected chi connectivity index (χ4v) is 1.85. The maximum Gasteiger partial charge on any atom is 0.335 e. The van der Waals surface area contributed by atoms with E-state index < -0.39 is 16.0 Å². The lowest BCUT2D eigenvalue weighted by Crippen LogP contribution is -2.14. The minimum atomic E-state index is -3.85. The van der Waals surface area contributed by atoms with Crippen LogP contribution in [-0.4, -0.2) is 19.5 Å². The molecule has 0 spiro atoms. The summed E-state index contributed by atoms with van der Waals surface area (Å²) in [5.41, 5.74) is 0.331. The number of carboxylic acid groups (broad SMARTS) is 1. The normalized spacial score (nSPS) is 10.2. The molecule has 3 N–H and O–H groups in total. The first-order valence-electron chi connectivity index (χ1n) is 4.69. The molecular formula is C10H15NO4S. The maximum atomic E-state index is 11.0. The van der Waals surface area contributed by atoms with E-state index in [4.69, 9.17) is 10.2 Å². The van der Waals surface area contributed by atoms with Crippen LogP contribution in [-0.2, 0) is 10.0 Å². The number of aryl methyl sites for hydroxylation is 1. The fraction of sp³-hybridized carbons (Fsp3) is 0.300. The summed E-state index contributed by atoms with van der Waals surface area (Å²) in [7, 11) is -3.85. The number of nitrogens with two attached hydrogens (primary N) is 1. The number of benzene rings is 1. The number of rotatable bonds is 2. The average molecular weight is 245 g/mol. The third-order valence-electron chi connectivity index (χ3n) is 1.74. The molecule has 0 aliphatic heterocycles. The van der Waals surface area contributed by atoms with Crippen LogP contribution in [0, 0.1) is 6.92 Å². The van der Waals surface area contributed by atoms with Gasteiger partial charge in [-0.05, 0) is 24.6 Å². The smallest absolute Gasteiger partial charge is 0.335 e. The van der Waals surface area contributed by atoms with Crippen LogP contribution in [0.15, 0.2) is 23.1 Å². The van der Waals surface area contributed by atoms with Gasteiger partial charge in [-0.2, -0.15) is 0 Å². The second-order valence-corrected chi connectivity index (χ2v) is 4.36. The van der Waals surface area contributed by atoms with E-state index >= 15 is 0 Å². The first-order valence-corrected chi connectivity index (χ1v) is 6.24. The summed E-state index contributed by atoms with van der Waals surface area (Å²) in [4.78, 5) is 10.4. The zero-order valence-electron chi connectivity index (χ0n) is 9.39. The molecule has 0 saturated carbocycles. The standard InChI is InChI=1S/C8H9NO4S.C2H6/c1-5-2-3-6(8(10)11)4-7(5)14(9,12)13;1-2/h2-4H,1H3,(H,10,11)(H2,9,12,13);1-2H3. The molecule has 5 nitrogen and oxygen atoms in total. The fourth-order valence-electron chi connectivity index (χ4n) is 1.04. The largest absolute Gasteiger partial charge is 0.478 e. The number of aromatic carboxylic acids is 1. The van der Waals surface area contributed by atoms with Gasteiger partial charge in [0.2, 0.25) is 10.0 Å². The van der Waals surface area contributed by atoms with Crippen molar-refractivity contribution in [3.63, 3.8) is 0 Å². The van der Waals surface area contributed by atoms with Gasteiger partial charge in [0, 0.05) is 0 Å². The van der Waals surface area contributed by atoms with Gasteiger partial charge in [-0.1, -0.05) is 19.9 Å². The summed E-state index contributed by atoms with van der Waals surface area (Å²) < 4.78 is 22.0. The number of carboxylic acids is 1. The lowest BCUT2D eigenvalue weighted by Gasteiger charge is -2.03. The van der Waals surface area contributed by atoms with Gasteiger partial charge in [-0.25, -0.2) is 18.4 Å². The number of hydrogen-bond acceptors (Lipinski definition) is 3.